The zero-order valence-corrected chi connectivity index (χ0v) is 9.57. The molecule has 16 heavy (non-hydrogen) atoms. The highest BCUT2D eigenvalue weighted by atomic mass is 16.2. The summed E-state index contributed by atoms with van der Waals surface area (Å²) in [5, 5.41) is 0. The van der Waals surface area contributed by atoms with Crippen LogP contribution in [-0.4, -0.2) is 23.8 Å². The Morgan fingerprint density at radius 1 is 1.12 bits per heavy atom. The normalized spacial score (nSPS) is 14.9. The molecule has 1 aromatic carbocycles. The number of hydrogen-bond donors (Lipinski definition) is 1. The molecule has 1 aliphatic rings. The van der Waals surface area contributed by atoms with E-state index in [1.807, 2.05) is 19.9 Å². The van der Waals surface area contributed by atoms with Gasteiger partial charge in [0.25, 0.3) is 11.8 Å². The van der Waals surface area contributed by atoms with Gasteiger partial charge in [-0.15, -0.1) is 0 Å². The van der Waals surface area contributed by atoms with Crippen LogP contribution in [0.3, 0.4) is 0 Å². The van der Waals surface area contributed by atoms with Crippen molar-refractivity contribution in [2.24, 2.45) is 0 Å². The number of imide groups is 1. The number of benzene rings is 1. The maximum atomic E-state index is 11.9. The van der Waals surface area contributed by atoms with Crippen molar-refractivity contribution in [2.75, 3.05) is 12.8 Å². The van der Waals surface area contributed by atoms with Gasteiger partial charge in [0.2, 0.25) is 0 Å². The van der Waals surface area contributed by atoms with Crippen LogP contribution in [0.4, 0.5) is 5.69 Å². The average Bonchev–Trinajstić information content (AvgIpc) is 2.45. The molecule has 0 unspecified atom stereocenters. The van der Waals surface area contributed by atoms with Crippen LogP contribution in [0.25, 0.3) is 0 Å². The lowest BCUT2D eigenvalue weighted by molar-refractivity contribution is 0.0693. The van der Waals surface area contributed by atoms with Gasteiger partial charge in [-0.2, -0.15) is 0 Å². The summed E-state index contributed by atoms with van der Waals surface area (Å²) in [4.78, 5) is 24.9. The Hall–Kier alpha value is -1.84. The van der Waals surface area contributed by atoms with Crippen LogP contribution < -0.4 is 5.73 Å². The van der Waals surface area contributed by atoms with Gasteiger partial charge < -0.3 is 5.73 Å². The van der Waals surface area contributed by atoms with E-state index in [1.165, 1.54) is 7.05 Å². The third-order valence-corrected chi connectivity index (χ3v) is 2.93. The third-order valence-electron chi connectivity index (χ3n) is 2.93. The van der Waals surface area contributed by atoms with Crippen LogP contribution in [0.2, 0.25) is 0 Å². The van der Waals surface area contributed by atoms with Crippen LogP contribution in [0.15, 0.2) is 12.1 Å². The van der Waals surface area contributed by atoms with Crippen molar-refractivity contribution in [2.45, 2.75) is 19.8 Å². The molecule has 4 nitrogen and oxygen atoms in total. The minimum atomic E-state index is -0.306. The van der Waals surface area contributed by atoms with Crippen molar-refractivity contribution in [1.29, 1.82) is 0 Å². The van der Waals surface area contributed by atoms with E-state index in [-0.39, 0.29) is 17.7 Å². The fourth-order valence-corrected chi connectivity index (χ4v) is 2.00. The summed E-state index contributed by atoms with van der Waals surface area (Å²) in [6.07, 6.45) is 0. The summed E-state index contributed by atoms with van der Waals surface area (Å²) in [6, 6.07) is 3.52. The molecule has 0 atom stereocenters. The summed E-state index contributed by atoms with van der Waals surface area (Å²) >= 11 is 0. The molecule has 2 rings (SSSR count). The van der Waals surface area contributed by atoms with E-state index >= 15 is 0 Å². The average molecular weight is 218 g/mol. The summed E-state index contributed by atoms with van der Waals surface area (Å²) in [7, 11) is 1.48. The van der Waals surface area contributed by atoms with Crippen molar-refractivity contribution >= 4 is 17.5 Å². The van der Waals surface area contributed by atoms with E-state index in [0.29, 0.717) is 16.8 Å². The Kier molecular flexibility index (Phi) is 2.22. The maximum absolute atomic E-state index is 11.9. The Morgan fingerprint density at radius 2 is 1.69 bits per heavy atom. The molecule has 2 amide bonds. The minimum absolute atomic E-state index is 0.192. The number of fused-ring (bicyclic) bond motifs is 1. The monoisotopic (exact) mass is 218 g/mol. The molecule has 1 aliphatic heterocycles. The molecule has 0 saturated carbocycles. The van der Waals surface area contributed by atoms with Gasteiger partial charge in [-0.3, -0.25) is 14.5 Å². The molecule has 0 bridgehead atoms. The molecule has 0 radical (unpaired) electrons. The van der Waals surface area contributed by atoms with Gasteiger partial charge in [0.15, 0.2) is 0 Å². The number of hydrogen-bond acceptors (Lipinski definition) is 3. The molecule has 0 aliphatic carbocycles. The van der Waals surface area contributed by atoms with Crippen molar-refractivity contribution in [1.82, 2.24) is 4.90 Å². The van der Waals surface area contributed by atoms with Gasteiger partial charge >= 0.3 is 0 Å². The Labute approximate surface area is 94.0 Å². The molecule has 0 fully saturated rings. The molecule has 84 valence electrons. The lowest BCUT2D eigenvalue weighted by atomic mass is 9.93. The van der Waals surface area contributed by atoms with Gasteiger partial charge in [-0.1, -0.05) is 19.9 Å². The summed E-state index contributed by atoms with van der Waals surface area (Å²) in [6.45, 7) is 3.98. The van der Waals surface area contributed by atoms with Gasteiger partial charge in [-0.05, 0) is 17.5 Å². The highest BCUT2D eigenvalue weighted by Crippen LogP contribution is 2.33. The van der Waals surface area contributed by atoms with E-state index in [2.05, 4.69) is 0 Å². The van der Waals surface area contributed by atoms with Crippen LogP contribution in [0, 0.1) is 0 Å². The number of carbonyl (C=O) groups excluding carboxylic acids is 2. The van der Waals surface area contributed by atoms with Crippen LogP contribution in [-0.2, 0) is 0 Å². The maximum Gasteiger partial charge on any atom is 0.263 e. The topological polar surface area (TPSA) is 63.4 Å². The second-order valence-corrected chi connectivity index (χ2v) is 4.32. The largest absolute Gasteiger partial charge is 0.398 e. The highest BCUT2D eigenvalue weighted by Gasteiger charge is 2.36. The lowest BCUT2D eigenvalue weighted by Crippen LogP contribution is -2.24. The predicted octanol–water partition coefficient (Wildman–Crippen LogP) is 1.62. The van der Waals surface area contributed by atoms with Crippen LogP contribution >= 0.6 is 0 Å². The third kappa shape index (κ3) is 1.23. The van der Waals surface area contributed by atoms with Crippen LogP contribution in [0.5, 0.6) is 0 Å². The van der Waals surface area contributed by atoms with Gasteiger partial charge in [0.1, 0.15) is 0 Å². The standard InChI is InChI=1S/C12H14N2O2/c1-6(2)7-4-5-8(13)10-9(7)11(15)14(3)12(10)16/h4-6H,13H2,1-3H3. The molecule has 0 aromatic heterocycles. The number of carbonyl (C=O) groups is 2. The second kappa shape index (κ2) is 3.33. The van der Waals surface area contributed by atoms with Crippen LogP contribution in [0.1, 0.15) is 46.0 Å². The predicted molar refractivity (Wildman–Crippen MR) is 61.4 cm³/mol. The van der Waals surface area contributed by atoms with Crippen molar-refractivity contribution < 1.29 is 9.59 Å². The van der Waals surface area contributed by atoms with Gasteiger partial charge in [-0.25, -0.2) is 0 Å². The molecular weight excluding hydrogens is 204 g/mol. The van der Waals surface area contributed by atoms with E-state index in [4.69, 9.17) is 5.73 Å². The van der Waals surface area contributed by atoms with Crippen molar-refractivity contribution in [3.05, 3.63) is 28.8 Å². The first kappa shape index (κ1) is 10.7. The molecule has 4 heteroatoms. The zero-order valence-electron chi connectivity index (χ0n) is 9.57. The first-order chi connectivity index (χ1) is 7.45. The Balaban J connectivity index is 2.77. The Morgan fingerprint density at radius 3 is 2.25 bits per heavy atom. The van der Waals surface area contributed by atoms with E-state index in [0.717, 1.165) is 10.5 Å². The fourth-order valence-electron chi connectivity index (χ4n) is 2.00. The number of nitrogens with two attached hydrogens (primary N) is 1. The quantitative estimate of drug-likeness (QED) is 0.575. The molecule has 0 spiro atoms. The van der Waals surface area contributed by atoms with E-state index in [1.54, 1.807) is 6.07 Å². The molecule has 1 heterocycles. The second-order valence-electron chi connectivity index (χ2n) is 4.32. The number of rotatable bonds is 1. The Bertz CT molecular complexity index is 492. The zero-order chi connectivity index (χ0) is 12.0. The smallest absolute Gasteiger partial charge is 0.263 e. The summed E-state index contributed by atoms with van der Waals surface area (Å²) < 4.78 is 0. The lowest BCUT2D eigenvalue weighted by Gasteiger charge is -2.10. The first-order valence-corrected chi connectivity index (χ1v) is 5.20. The van der Waals surface area contributed by atoms with E-state index < -0.39 is 0 Å². The van der Waals surface area contributed by atoms with E-state index in [9.17, 15) is 9.59 Å². The minimum Gasteiger partial charge on any atom is -0.398 e. The highest BCUT2D eigenvalue weighted by molar-refractivity contribution is 6.24. The molecule has 0 saturated heterocycles. The fraction of sp³-hybridized carbons (Fsp3) is 0.333. The van der Waals surface area contributed by atoms with Gasteiger partial charge in [0, 0.05) is 12.7 Å². The summed E-state index contributed by atoms with van der Waals surface area (Å²) in [5.74, 6) is -0.367. The van der Waals surface area contributed by atoms with Gasteiger partial charge in [0.05, 0.1) is 11.1 Å². The SMILES string of the molecule is CC(C)c1ccc(N)c2c1C(=O)N(C)C2=O. The van der Waals surface area contributed by atoms with Crippen molar-refractivity contribution in [3.8, 4) is 0 Å². The first-order valence-electron chi connectivity index (χ1n) is 5.20. The van der Waals surface area contributed by atoms with Crippen molar-refractivity contribution in [3.63, 3.8) is 0 Å². The number of amides is 2. The molecular formula is C12H14N2O2. The molecule has 1 aromatic rings. The summed E-state index contributed by atoms with van der Waals surface area (Å²) in [5.41, 5.74) is 7.85. The molecule has 2 N–H and O–H groups in total. The number of anilines is 1. The number of nitrogen functional groups attached to an aromatic ring is 1. The number of nitrogens with zero attached hydrogens (tertiary/aromatic N) is 1.